The average molecular weight is 332 g/mol. The maximum Gasteiger partial charge on any atom is 0.233 e. The molecule has 2 amide bonds. The van der Waals surface area contributed by atoms with Crippen molar-refractivity contribution < 1.29 is 9.59 Å². The van der Waals surface area contributed by atoms with Crippen LogP contribution in [-0.2, 0) is 23.2 Å². The van der Waals surface area contributed by atoms with Gasteiger partial charge in [0.05, 0.1) is 5.75 Å². The van der Waals surface area contributed by atoms with Crippen molar-refractivity contribution in [3.63, 3.8) is 0 Å². The van der Waals surface area contributed by atoms with E-state index < -0.39 is 5.91 Å². The highest BCUT2D eigenvalue weighted by Gasteiger charge is 2.16. The number of nitrogens with zero attached hydrogens (tertiary/aromatic N) is 3. The topological polar surface area (TPSA) is 81.2 Å². The van der Waals surface area contributed by atoms with Crippen molar-refractivity contribution in [1.29, 1.82) is 0 Å². The van der Waals surface area contributed by atoms with Crippen molar-refractivity contribution in [2.45, 2.75) is 18.1 Å². The van der Waals surface area contributed by atoms with Crippen LogP contribution in [0.4, 0.5) is 0 Å². The third-order valence-corrected chi connectivity index (χ3v) is 4.34. The molecule has 2 rings (SSSR count). The summed E-state index contributed by atoms with van der Waals surface area (Å²) in [7, 11) is 1.88. The van der Waals surface area contributed by atoms with Crippen LogP contribution < -0.4 is 5.73 Å². The Balaban J connectivity index is 1.98. The zero-order valence-electron chi connectivity index (χ0n) is 13.0. The molecule has 1 aromatic heterocycles. The van der Waals surface area contributed by atoms with Gasteiger partial charge in [-0.05, 0) is 5.56 Å². The highest BCUT2D eigenvalue weighted by Crippen LogP contribution is 2.16. The number of carbonyl (C=O) groups is 2. The van der Waals surface area contributed by atoms with Crippen LogP contribution in [0.25, 0.3) is 0 Å². The zero-order valence-corrected chi connectivity index (χ0v) is 13.8. The predicted octanol–water partition coefficient (Wildman–Crippen LogP) is 1.42. The smallest absolute Gasteiger partial charge is 0.233 e. The summed E-state index contributed by atoms with van der Waals surface area (Å²) in [5.41, 5.74) is 6.23. The van der Waals surface area contributed by atoms with Gasteiger partial charge in [-0.2, -0.15) is 0 Å². The minimum atomic E-state index is -0.410. The van der Waals surface area contributed by atoms with Gasteiger partial charge in [-0.25, -0.2) is 4.98 Å². The van der Waals surface area contributed by atoms with E-state index in [1.165, 1.54) is 11.8 Å². The quantitative estimate of drug-likeness (QED) is 0.741. The Morgan fingerprint density at radius 3 is 2.65 bits per heavy atom. The van der Waals surface area contributed by atoms with Crippen LogP contribution in [0.3, 0.4) is 0 Å². The molecule has 1 heterocycles. The van der Waals surface area contributed by atoms with Gasteiger partial charge < -0.3 is 15.2 Å². The number of carbonyl (C=O) groups excluding carboxylic acids is 2. The highest BCUT2D eigenvalue weighted by atomic mass is 32.2. The van der Waals surface area contributed by atoms with Gasteiger partial charge in [-0.1, -0.05) is 42.1 Å². The molecule has 0 aliphatic heterocycles. The number of benzene rings is 1. The van der Waals surface area contributed by atoms with Gasteiger partial charge >= 0.3 is 0 Å². The minimum Gasteiger partial charge on any atom is -0.370 e. The Morgan fingerprint density at radius 2 is 2.04 bits per heavy atom. The molecule has 0 spiro atoms. The molecule has 0 bridgehead atoms. The van der Waals surface area contributed by atoms with E-state index in [4.69, 9.17) is 5.73 Å². The van der Waals surface area contributed by atoms with Crippen molar-refractivity contribution in [2.75, 3.05) is 12.3 Å². The van der Waals surface area contributed by atoms with Gasteiger partial charge in [-0.3, -0.25) is 9.59 Å². The van der Waals surface area contributed by atoms with Crippen LogP contribution in [0.1, 0.15) is 12.0 Å². The molecular weight excluding hydrogens is 312 g/mol. The van der Waals surface area contributed by atoms with Crippen LogP contribution in [0.5, 0.6) is 0 Å². The first-order valence-electron chi connectivity index (χ1n) is 7.26. The number of primary amides is 1. The van der Waals surface area contributed by atoms with Crippen LogP contribution >= 0.6 is 11.8 Å². The number of amides is 2. The summed E-state index contributed by atoms with van der Waals surface area (Å²) in [6, 6.07) is 9.69. The van der Waals surface area contributed by atoms with Crippen molar-refractivity contribution in [3.05, 3.63) is 48.3 Å². The number of aromatic nitrogens is 2. The fraction of sp³-hybridized carbons (Fsp3) is 0.312. The second-order valence-electron chi connectivity index (χ2n) is 5.13. The minimum absolute atomic E-state index is 0.0388. The molecule has 6 nitrogen and oxygen atoms in total. The predicted molar refractivity (Wildman–Crippen MR) is 89.6 cm³/mol. The molecule has 0 saturated heterocycles. The lowest BCUT2D eigenvalue weighted by Gasteiger charge is -2.22. The summed E-state index contributed by atoms with van der Waals surface area (Å²) < 4.78 is 1.86. The number of aryl methyl sites for hydroxylation is 1. The van der Waals surface area contributed by atoms with E-state index in [-0.39, 0.29) is 18.1 Å². The van der Waals surface area contributed by atoms with Crippen LogP contribution in [0.2, 0.25) is 0 Å². The van der Waals surface area contributed by atoms with E-state index in [0.29, 0.717) is 13.1 Å². The second-order valence-corrected chi connectivity index (χ2v) is 6.07. The molecule has 1 aromatic carbocycles. The molecule has 23 heavy (non-hydrogen) atoms. The normalized spacial score (nSPS) is 10.5. The van der Waals surface area contributed by atoms with E-state index >= 15 is 0 Å². The van der Waals surface area contributed by atoms with Gasteiger partial charge in [0.2, 0.25) is 11.8 Å². The van der Waals surface area contributed by atoms with E-state index in [2.05, 4.69) is 4.98 Å². The summed E-state index contributed by atoms with van der Waals surface area (Å²) in [4.78, 5) is 29.4. The lowest BCUT2D eigenvalue weighted by atomic mass is 10.2. The van der Waals surface area contributed by atoms with Gasteiger partial charge in [0, 0.05) is 39.0 Å². The molecule has 0 fully saturated rings. The molecule has 0 saturated carbocycles. The Labute approximate surface area is 139 Å². The maximum absolute atomic E-state index is 12.5. The summed E-state index contributed by atoms with van der Waals surface area (Å²) >= 11 is 1.38. The molecule has 2 aromatic rings. The number of thioether (sulfide) groups is 1. The Bertz CT molecular complexity index is 657. The largest absolute Gasteiger partial charge is 0.370 e. The third kappa shape index (κ3) is 5.45. The van der Waals surface area contributed by atoms with Crippen molar-refractivity contribution in [1.82, 2.24) is 14.5 Å². The Hall–Kier alpha value is -2.28. The number of imidazole rings is 1. The molecular formula is C16H20N4O2S. The zero-order chi connectivity index (χ0) is 16.7. The Kier molecular flexibility index (Phi) is 6.22. The first kappa shape index (κ1) is 17.1. The molecule has 0 radical (unpaired) electrons. The van der Waals surface area contributed by atoms with Crippen molar-refractivity contribution in [2.24, 2.45) is 12.8 Å². The molecule has 2 N–H and O–H groups in total. The van der Waals surface area contributed by atoms with Crippen LogP contribution in [0.15, 0.2) is 47.9 Å². The van der Waals surface area contributed by atoms with Crippen molar-refractivity contribution in [3.8, 4) is 0 Å². The van der Waals surface area contributed by atoms with E-state index in [1.807, 2.05) is 48.1 Å². The lowest BCUT2D eigenvalue weighted by molar-refractivity contribution is -0.129. The van der Waals surface area contributed by atoms with E-state index in [0.717, 1.165) is 10.7 Å². The molecule has 0 unspecified atom stereocenters. The second kappa shape index (κ2) is 8.38. The average Bonchev–Trinajstić information content (AvgIpc) is 2.95. The van der Waals surface area contributed by atoms with E-state index in [1.54, 1.807) is 11.1 Å². The molecule has 122 valence electrons. The van der Waals surface area contributed by atoms with E-state index in [9.17, 15) is 9.59 Å². The maximum atomic E-state index is 12.5. The fourth-order valence-electron chi connectivity index (χ4n) is 2.05. The summed E-state index contributed by atoms with van der Waals surface area (Å²) in [5, 5.41) is 0.785. The third-order valence-electron chi connectivity index (χ3n) is 3.30. The fourth-order valence-corrected chi connectivity index (χ4v) is 2.88. The van der Waals surface area contributed by atoms with Crippen LogP contribution in [-0.4, -0.2) is 38.6 Å². The van der Waals surface area contributed by atoms with Gasteiger partial charge in [0.1, 0.15) is 0 Å². The highest BCUT2D eigenvalue weighted by molar-refractivity contribution is 7.99. The first-order chi connectivity index (χ1) is 11.1. The molecule has 7 heteroatoms. The lowest BCUT2D eigenvalue weighted by Crippen LogP contribution is -2.34. The van der Waals surface area contributed by atoms with Gasteiger partial charge in [0.25, 0.3) is 0 Å². The number of hydrogen-bond acceptors (Lipinski definition) is 4. The summed E-state index contributed by atoms with van der Waals surface area (Å²) in [5.74, 6) is -0.174. The molecule has 0 aliphatic rings. The number of hydrogen-bond donors (Lipinski definition) is 1. The summed E-state index contributed by atoms with van der Waals surface area (Å²) in [6.07, 6.45) is 3.69. The van der Waals surface area contributed by atoms with Crippen molar-refractivity contribution >= 4 is 23.6 Å². The van der Waals surface area contributed by atoms with Gasteiger partial charge in [0.15, 0.2) is 5.16 Å². The number of rotatable bonds is 8. The summed E-state index contributed by atoms with van der Waals surface area (Å²) in [6.45, 7) is 0.790. The van der Waals surface area contributed by atoms with Crippen LogP contribution in [0, 0.1) is 0 Å². The number of nitrogens with two attached hydrogens (primary N) is 1. The SMILES string of the molecule is Cn1ccnc1SCC(=O)N(CCC(N)=O)Cc1ccccc1. The monoisotopic (exact) mass is 332 g/mol. The molecule has 0 atom stereocenters. The molecule has 0 aliphatic carbocycles. The Morgan fingerprint density at radius 1 is 1.30 bits per heavy atom. The van der Waals surface area contributed by atoms with Gasteiger partial charge in [-0.15, -0.1) is 0 Å². The first-order valence-corrected chi connectivity index (χ1v) is 8.25. The standard InChI is InChI=1S/C16H20N4O2S/c1-19-10-8-18-16(19)23-12-15(22)20(9-7-14(17)21)11-13-5-3-2-4-6-13/h2-6,8,10H,7,9,11-12H2,1H3,(H2,17,21).